The van der Waals surface area contributed by atoms with E-state index in [-0.39, 0.29) is 11.9 Å². The third kappa shape index (κ3) is 2.10. The fourth-order valence-corrected chi connectivity index (χ4v) is 2.71. The number of hydrogen-bond donors (Lipinski definition) is 2. The zero-order valence-corrected chi connectivity index (χ0v) is 12.3. The highest BCUT2D eigenvalue weighted by atomic mass is 16.5. The molecule has 0 unspecified atom stereocenters. The van der Waals surface area contributed by atoms with E-state index in [9.17, 15) is 4.79 Å². The molecule has 0 fully saturated rings. The van der Waals surface area contributed by atoms with Crippen LogP contribution in [0.4, 0.5) is 5.95 Å². The molecule has 4 rings (SSSR count). The lowest BCUT2D eigenvalue weighted by Crippen LogP contribution is -2.01. The van der Waals surface area contributed by atoms with Crippen molar-refractivity contribution in [3.8, 4) is 11.1 Å². The van der Waals surface area contributed by atoms with Crippen LogP contribution in [0.5, 0.6) is 0 Å². The van der Waals surface area contributed by atoms with E-state index in [1.165, 1.54) is 7.11 Å². The van der Waals surface area contributed by atoms with Gasteiger partial charge in [-0.1, -0.05) is 0 Å². The number of carbonyl (C=O) groups excluding carboxylic acids is 1. The van der Waals surface area contributed by atoms with Crippen molar-refractivity contribution in [3.05, 3.63) is 48.3 Å². The van der Waals surface area contributed by atoms with Crippen molar-refractivity contribution in [3.63, 3.8) is 0 Å². The van der Waals surface area contributed by atoms with E-state index in [2.05, 4.69) is 15.1 Å². The van der Waals surface area contributed by atoms with Crippen molar-refractivity contribution in [2.75, 3.05) is 12.8 Å². The molecule has 0 aliphatic carbocycles. The average Bonchev–Trinajstić information content (AvgIpc) is 3.17. The molecule has 0 radical (unpaired) electrons. The number of H-pyrrole nitrogens is 1. The number of aromatic nitrogens is 4. The Labute approximate surface area is 130 Å². The number of nitrogens with zero attached hydrogens (tertiary/aromatic N) is 3. The topological polar surface area (TPSA) is 98.3 Å². The Morgan fingerprint density at radius 1 is 1.30 bits per heavy atom. The number of fused-ring (bicyclic) bond motifs is 2. The second-order valence-electron chi connectivity index (χ2n) is 5.14. The van der Waals surface area contributed by atoms with Gasteiger partial charge >= 0.3 is 5.97 Å². The molecule has 4 aromatic rings. The molecule has 3 heterocycles. The molecule has 7 heteroatoms. The molecule has 0 bridgehead atoms. The third-order valence-electron chi connectivity index (χ3n) is 3.75. The van der Waals surface area contributed by atoms with Crippen LogP contribution in [0.1, 0.15) is 10.4 Å². The summed E-state index contributed by atoms with van der Waals surface area (Å²) < 4.78 is 6.44. The van der Waals surface area contributed by atoms with Gasteiger partial charge in [-0.25, -0.2) is 9.31 Å². The summed E-state index contributed by atoms with van der Waals surface area (Å²) in [7, 11) is 1.37. The molecule has 1 aromatic carbocycles. The summed E-state index contributed by atoms with van der Waals surface area (Å²) in [6.45, 7) is 0. The quantitative estimate of drug-likeness (QED) is 0.553. The van der Waals surface area contributed by atoms with E-state index < -0.39 is 0 Å². The lowest BCUT2D eigenvalue weighted by molar-refractivity contribution is 0.0601. The van der Waals surface area contributed by atoms with Crippen LogP contribution in [-0.2, 0) is 4.74 Å². The molecule has 3 aromatic heterocycles. The molecule has 0 spiro atoms. The minimum atomic E-state index is -0.379. The zero-order valence-electron chi connectivity index (χ0n) is 12.3. The molecule has 0 saturated heterocycles. The number of benzene rings is 1. The van der Waals surface area contributed by atoms with Gasteiger partial charge in [-0.05, 0) is 41.5 Å². The maximum Gasteiger partial charge on any atom is 0.337 e. The average molecular weight is 307 g/mol. The normalized spacial score (nSPS) is 11.2. The standard InChI is InChI=1S/C16H13N5O2/c1-23-15(22)10-6-12(11-2-4-18-13(11)7-10)9-3-5-21-14(8-9)19-16(17)20-21/h2-8,18H,1H3,(H2,17,20). The van der Waals surface area contributed by atoms with Crippen molar-refractivity contribution < 1.29 is 9.53 Å². The summed E-state index contributed by atoms with van der Waals surface area (Å²) >= 11 is 0. The number of esters is 1. The molecule has 0 amide bonds. The molecule has 3 N–H and O–H groups in total. The van der Waals surface area contributed by atoms with Gasteiger partial charge < -0.3 is 15.5 Å². The lowest BCUT2D eigenvalue weighted by atomic mass is 10.00. The Morgan fingerprint density at radius 2 is 2.17 bits per heavy atom. The van der Waals surface area contributed by atoms with Gasteiger partial charge in [0.25, 0.3) is 0 Å². The number of carbonyl (C=O) groups is 1. The van der Waals surface area contributed by atoms with Gasteiger partial charge in [0.1, 0.15) is 0 Å². The number of rotatable bonds is 2. The van der Waals surface area contributed by atoms with Crippen LogP contribution in [0.15, 0.2) is 42.7 Å². The molecule has 0 aliphatic rings. The Bertz CT molecular complexity index is 1050. The van der Waals surface area contributed by atoms with Crippen LogP contribution in [0.3, 0.4) is 0 Å². The van der Waals surface area contributed by atoms with Gasteiger partial charge in [0.05, 0.1) is 12.7 Å². The van der Waals surface area contributed by atoms with Crippen LogP contribution >= 0.6 is 0 Å². The Morgan fingerprint density at radius 3 is 3.00 bits per heavy atom. The number of ether oxygens (including phenoxy) is 1. The summed E-state index contributed by atoms with van der Waals surface area (Å²) in [4.78, 5) is 19.2. The number of hydrogen-bond acceptors (Lipinski definition) is 5. The summed E-state index contributed by atoms with van der Waals surface area (Å²) in [6, 6.07) is 9.34. The van der Waals surface area contributed by atoms with Gasteiger partial charge in [0.15, 0.2) is 5.65 Å². The fourth-order valence-electron chi connectivity index (χ4n) is 2.71. The molecule has 7 nitrogen and oxygen atoms in total. The number of nitrogen functional groups attached to an aromatic ring is 1. The van der Waals surface area contributed by atoms with Gasteiger partial charge in [-0.15, -0.1) is 5.10 Å². The van der Waals surface area contributed by atoms with Crippen LogP contribution in [0.2, 0.25) is 0 Å². The van der Waals surface area contributed by atoms with Crippen LogP contribution in [0.25, 0.3) is 27.7 Å². The second kappa shape index (κ2) is 4.84. The molecule has 0 aliphatic heterocycles. The summed E-state index contributed by atoms with van der Waals surface area (Å²) in [5.41, 5.74) is 9.45. The van der Waals surface area contributed by atoms with E-state index in [0.717, 1.165) is 22.0 Å². The van der Waals surface area contributed by atoms with Gasteiger partial charge in [-0.3, -0.25) is 0 Å². The predicted octanol–water partition coefficient (Wildman–Crippen LogP) is 2.25. The largest absolute Gasteiger partial charge is 0.465 e. The molecular formula is C16H13N5O2. The van der Waals surface area contributed by atoms with E-state index in [4.69, 9.17) is 10.5 Å². The SMILES string of the molecule is COC(=O)c1cc(-c2ccn3nc(N)nc3c2)c2cc[nH]c2c1. The fraction of sp³-hybridized carbons (Fsp3) is 0.0625. The minimum Gasteiger partial charge on any atom is -0.465 e. The molecular weight excluding hydrogens is 294 g/mol. The van der Waals surface area contributed by atoms with Gasteiger partial charge in [0.2, 0.25) is 5.95 Å². The molecule has 0 atom stereocenters. The first-order chi connectivity index (χ1) is 11.2. The number of nitrogens with one attached hydrogen (secondary N) is 1. The van der Waals surface area contributed by atoms with Crippen molar-refractivity contribution >= 4 is 28.5 Å². The van der Waals surface area contributed by atoms with Gasteiger partial charge in [0, 0.05) is 23.3 Å². The number of nitrogens with two attached hydrogens (primary N) is 1. The Kier molecular flexibility index (Phi) is 2.80. The number of methoxy groups -OCH3 is 1. The van der Waals surface area contributed by atoms with Crippen LogP contribution in [-0.4, -0.2) is 32.7 Å². The summed E-state index contributed by atoms with van der Waals surface area (Å²) in [6.07, 6.45) is 3.63. The minimum absolute atomic E-state index is 0.220. The first-order valence-corrected chi connectivity index (χ1v) is 6.97. The predicted molar refractivity (Wildman–Crippen MR) is 86.0 cm³/mol. The van der Waals surface area contributed by atoms with Crippen LogP contribution in [0, 0.1) is 0 Å². The Hall–Kier alpha value is -3.35. The molecule has 23 heavy (non-hydrogen) atoms. The van der Waals surface area contributed by atoms with E-state index >= 15 is 0 Å². The lowest BCUT2D eigenvalue weighted by Gasteiger charge is -2.07. The smallest absolute Gasteiger partial charge is 0.337 e. The van der Waals surface area contributed by atoms with E-state index in [1.54, 1.807) is 16.8 Å². The first kappa shape index (κ1) is 13.3. The molecule has 114 valence electrons. The third-order valence-corrected chi connectivity index (χ3v) is 3.75. The maximum absolute atomic E-state index is 11.9. The molecule has 0 saturated carbocycles. The number of aromatic amines is 1. The van der Waals surface area contributed by atoms with Crippen molar-refractivity contribution in [2.24, 2.45) is 0 Å². The highest BCUT2D eigenvalue weighted by Gasteiger charge is 2.13. The van der Waals surface area contributed by atoms with Gasteiger partial charge in [-0.2, -0.15) is 4.98 Å². The Balaban J connectivity index is 1.97. The first-order valence-electron chi connectivity index (χ1n) is 6.97. The van der Waals surface area contributed by atoms with E-state index in [0.29, 0.717) is 11.2 Å². The summed E-state index contributed by atoms with van der Waals surface area (Å²) in [5.74, 6) is -0.159. The van der Waals surface area contributed by atoms with Crippen molar-refractivity contribution in [1.82, 2.24) is 19.6 Å². The highest BCUT2D eigenvalue weighted by Crippen LogP contribution is 2.30. The number of pyridine rings is 1. The summed E-state index contributed by atoms with van der Waals surface area (Å²) in [5, 5.41) is 5.07. The van der Waals surface area contributed by atoms with E-state index in [1.807, 2.05) is 30.5 Å². The second-order valence-corrected chi connectivity index (χ2v) is 5.14. The zero-order chi connectivity index (χ0) is 16.0. The van der Waals surface area contributed by atoms with Crippen LogP contribution < -0.4 is 5.73 Å². The van der Waals surface area contributed by atoms with Crippen molar-refractivity contribution in [2.45, 2.75) is 0 Å². The number of anilines is 1. The highest BCUT2D eigenvalue weighted by molar-refractivity contribution is 6.02. The monoisotopic (exact) mass is 307 g/mol. The maximum atomic E-state index is 11.9. The van der Waals surface area contributed by atoms with Crippen molar-refractivity contribution in [1.29, 1.82) is 0 Å².